The second-order valence-corrected chi connectivity index (χ2v) is 5.62. The smallest absolute Gasteiger partial charge is 0.356 e. The molecule has 0 aliphatic carbocycles. The first kappa shape index (κ1) is 16.0. The van der Waals surface area contributed by atoms with Crippen LogP contribution in [0.2, 0.25) is 0 Å². The molecule has 6 nitrogen and oxygen atoms in total. The number of rotatable bonds is 2. The Kier molecular flexibility index (Phi) is 4.46. The topological polar surface area (TPSA) is 68.7 Å². The van der Waals surface area contributed by atoms with Crippen LogP contribution in [0.3, 0.4) is 0 Å². The van der Waals surface area contributed by atoms with Crippen molar-refractivity contribution in [2.45, 2.75) is 19.5 Å². The number of amides is 1. The van der Waals surface area contributed by atoms with E-state index in [0.717, 1.165) is 11.3 Å². The highest BCUT2D eigenvalue weighted by Crippen LogP contribution is 2.25. The molecule has 6 heteroatoms. The molecule has 1 aromatic heterocycles. The maximum Gasteiger partial charge on any atom is 0.356 e. The van der Waals surface area contributed by atoms with Crippen molar-refractivity contribution in [3.05, 3.63) is 59.4 Å². The van der Waals surface area contributed by atoms with E-state index in [0.29, 0.717) is 18.7 Å². The number of pyridine rings is 1. The lowest BCUT2D eigenvalue weighted by Gasteiger charge is -2.26. The number of esters is 1. The van der Waals surface area contributed by atoms with E-state index in [9.17, 15) is 9.59 Å². The lowest BCUT2D eigenvalue weighted by atomic mass is 10.1. The maximum absolute atomic E-state index is 12.8. The van der Waals surface area contributed by atoms with E-state index in [1.165, 1.54) is 19.4 Å². The molecule has 1 aliphatic rings. The number of fused-ring (bicyclic) bond motifs is 1. The summed E-state index contributed by atoms with van der Waals surface area (Å²) in [5.74, 6) is 0.130. The van der Waals surface area contributed by atoms with Crippen molar-refractivity contribution in [2.75, 3.05) is 13.7 Å². The van der Waals surface area contributed by atoms with Crippen molar-refractivity contribution in [1.29, 1.82) is 0 Å². The largest absolute Gasteiger partial charge is 0.491 e. The summed E-state index contributed by atoms with van der Waals surface area (Å²) < 4.78 is 10.4. The SMILES string of the molecule is COC(=O)c1ccc(C(=O)N2Cc3ccccc3OC[C@H]2C)cn1. The van der Waals surface area contributed by atoms with Crippen LogP contribution in [0.25, 0.3) is 0 Å². The van der Waals surface area contributed by atoms with Crippen LogP contribution in [0.4, 0.5) is 0 Å². The molecule has 3 rings (SSSR count). The van der Waals surface area contributed by atoms with Crippen molar-refractivity contribution in [2.24, 2.45) is 0 Å². The zero-order valence-corrected chi connectivity index (χ0v) is 13.6. The van der Waals surface area contributed by atoms with Gasteiger partial charge in [-0.2, -0.15) is 0 Å². The first-order valence-electron chi connectivity index (χ1n) is 7.66. The average molecular weight is 326 g/mol. The number of benzene rings is 1. The van der Waals surface area contributed by atoms with E-state index in [-0.39, 0.29) is 17.6 Å². The fraction of sp³-hybridized carbons (Fsp3) is 0.278. The number of ether oxygens (including phenoxy) is 2. The highest BCUT2D eigenvalue weighted by Gasteiger charge is 2.26. The molecule has 1 amide bonds. The van der Waals surface area contributed by atoms with Crippen molar-refractivity contribution in [3.63, 3.8) is 0 Å². The molecule has 2 heterocycles. The third kappa shape index (κ3) is 3.08. The van der Waals surface area contributed by atoms with Gasteiger partial charge < -0.3 is 14.4 Å². The number of hydrogen-bond donors (Lipinski definition) is 0. The van der Waals surface area contributed by atoms with Crippen LogP contribution < -0.4 is 4.74 Å². The summed E-state index contributed by atoms with van der Waals surface area (Å²) in [7, 11) is 1.29. The van der Waals surface area contributed by atoms with E-state index >= 15 is 0 Å². The standard InChI is InChI=1S/C18H18N2O4/c1-12-11-24-16-6-4-3-5-14(16)10-20(12)17(21)13-7-8-15(19-9-13)18(22)23-2/h3-9,12H,10-11H2,1-2H3/t12-/m1/s1. The number of para-hydroxylation sites is 1. The Morgan fingerprint density at radius 3 is 2.75 bits per heavy atom. The molecular formula is C18H18N2O4. The minimum Gasteiger partial charge on any atom is -0.491 e. The van der Waals surface area contributed by atoms with E-state index in [2.05, 4.69) is 9.72 Å². The van der Waals surface area contributed by atoms with Gasteiger partial charge in [-0.1, -0.05) is 18.2 Å². The van der Waals surface area contributed by atoms with Crippen molar-refractivity contribution < 1.29 is 19.1 Å². The van der Waals surface area contributed by atoms with Gasteiger partial charge in [-0.05, 0) is 25.1 Å². The van der Waals surface area contributed by atoms with Gasteiger partial charge in [0.2, 0.25) is 0 Å². The van der Waals surface area contributed by atoms with E-state index in [1.54, 1.807) is 11.0 Å². The Labute approximate surface area is 140 Å². The second kappa shape index (κ2) is 6.70. The monoisotopic (exact) mass is 326 g/mol. The predicted octanol–water partition coefficient (Wildman–Crippen LogP) is 2.29. The highest BCUT2D eigenvalue weighted by atomic mass is 16.5. The Morgan fingerprint density at radius 2 is 2.04 bits per heavy atom. The second-order valence-electron chi connectivity index (χ2n) is 5.62. The molecule has 1 atom stereocenters. The number of carbonyl (C=O) groups is 2. The molecule has 0 fully saturated rings. The number of carbonyl (C=O) groups excluding carboxylic acids is 2. The van der Waals surface area contributed by atoms with Gasteiger partial charge in [0, 0.05) is 11.8 Å². The lowest BCUT2D eigenvalue weighted by molar-refractivity contribution is 0.0590. The normalized spacial score (nSPS) is 16.6. The highest BCUT2D eigenvalue weighted by molar-refractivity contribution is 5.95. The zero-order valence-electron chi connectivity index (χ0n) is 13.6. The molecule has 2 aromatic rings. The minimum atomic E-state index is -0.528. The van der Waals surface area contributed by atoms with Crippen molar-refractivity contribution in [3.8, 4) is 5.75 Å². The molecule has 1 aromatic carbocycles. The number of nitrogens with zero attached hydrogens (tertiary/aromatic N) is 2. The molecule has 0 spiro atoms. The summed E-state index contributed by atoms with van der Waals surface area (Å²) in [6, 6.07) is 10.7. The molecule has 124 valence electrons. The number of methoxy groups -OCH3 is 1. The number of hydrogen-bond acceptors (Lipinski definition) is 5. The molecule has 0 bridgehead atoms. The summed E-state index contributed by atoms with van der Waals surface area (Å²) in [6.45, 7) is 2.84. The molecule has 0 radical (unpaired) electrons. The Balaban J connectivity index is 1.84. The first-order valence-corrected chi connectivity index (χ1v) is 7.66. The molecule has 1 aliphatic heterocycles. The zero-order chi connectivity index (χ0) is 17.1. The van der Waals surface area contributed by atoms with Gasteiger partial charge in [0.25, 0.3) is 5.91 Å². The predicted molar refractivity (Wildman–Crippen MR) is 86.8 cm³/mol. The van der Waals surface area contributed by atoms with Gasteiger partial charge in [-0.15, -0.1) is 0 Å². The first-order chi connectivity index (χ1) is 11.6. The third-order valence-corrected chi connectivity index (χ3v) is 3.99. The third-order valence-electron chi connectivity index (χ3n) is 3.99. The molecule has 0 N–H and O–H groups in total. The van der Waals surface area contributed by atoms with Crippen LogP contribution in [0.5, 0.6) is 5.75 Å². The lowest BCUT2D eigenvalue weighted by Crippen LogP contribution is -2.39. The summed E-state index contributed by atoms with van der Waals surface area (Å²) in [4.78, 5) is 30.0. The summed E-state index contributed by atoms with van der Waals surface area (Å²) in [6.07, 6.45) is 1.40. The minimum absolute atomic E-state index is 0.0785. The van der Waals surface area contributed by atoms with Crippen LogP contribution in [0.1, 0.15) is 33.3 Å². The summed E-state index contributed by atoms with van der Waals surface area (Å²) in [5.41, 5.74) is 1.56. The Morgan fingerprint density at radius 1 is 1.25 bits per heavy atom. The Bertz CT molecular complexity index is 758. The van der Waals surface area contributed by atoms with Gasteiger partial charge in [0.1, 0.15) is 18.1 Å². The van der Waals surface area contributed by atoms with Crippen LogP contribution in [0.15, 0.2) is 42.6 Å². The van der Waals surface area contributed by atoms with E-state index in [4.69, 9.17) is 4.74 Å². The fourth-order valence-corrected chi connectivity index (χ4v) is 2.60. The molecular weight excluding hydrogens is 308 g/mol. The van der Waals surface area contributed by atoms with Gasteiger partial charge in [-0.3, -0.25) is 4.79 Å². The quantitative estimate of drug-likeness (QED) is 0.792. The van der Waals surface area contributed by atoms with Crippen molar-refractivity contribution in [1.82, 2.24) is 9.88 Å². The van der Waals surface area contributed by atoms with Gasteiger partial charge in [-0.25, -0.2) is 9.78 Å². The van der Waals surface area contributed by atoms with Gasteiger partial charge >= 0.3 is 5.97 Å². The molecule has 24 heavy (non-hydrogen) atoms. The van der Waals surface area contributed by atoms with Crippen molar-refractivity contribution >= 4 is 11.9 Å². The van der Waals surface area contributed by atoms with Gasteiger partial charge in [0.15, 0.2) is 0 Å². The maximum atomic E-state index is 12.8. The summed E-state index contributed by atoms with van der Waals surface area (Å²) >= 11 is 0. The Hall–Kier alpha value is -2.89. The van der Waals surface area contributed by atoms with Crippen LogP contribution >= 0.6 is 0 Å². The number of aromatic nitrogens is 1. The average Bonchev–Trinajstić information content (AvgIpc) is 2.80. The van der Waals surface area contributed by atoms with Crippen LogP contribution in [-0.4, -0.2) is 41.5 Å². The van der Waals surface area contributed by atoms with E-state index in [1.807, 2.05) is 31.2 Å². The van der Waals surface area contributed by atoms with E-state index < -0.39 is 5.97 Å². The van der Waals surface area contributed by atoms with Crippen LogP contribution in [0, 0.1) is 0 Å². The molecule has 0 saturated heterocycles. The van der Waals surface area contributed by atoms with Crippen LogP contribution in [-0.2, 0) is 11.3 Å². The fourth-order valence-electron chi connectivity index (χ4n) is 2.60. The summed E-state index contributed by atoms with van der Waals surface area (Å²) in [5, 5.41) is 0. The molecule has 0 unspecified atom stereocenters. The van der Waals surface area contributed by atoms with Gasteiger partial charge in [0.05, 0.1) is 25.3 Å². The molecule has 0 saturated carbocycles.